The Morgan fingerprint density at radius 1 is 1.58 bits per heavy atom. The van der Waals surface area contributed by atoms with Crippen LogP contribution < -0.4 is 0 Å². The maximum atomic E-state index is 10.8. The lowest BCUT2D eigenvalue weighted by Gasteiger charge is -2.12. The molecule has 0 aliphatic heterocycles. The molecule has 0 aliphatic rings. The van der Waals surface area contributed by atoms with Crippen LogP contribution in [0.3, 0.4) is 0 Å². The van der Waals surface area contributed by atoms with Gasteiger partial charge in [-0.25, -0.2) is 0 Å². The van der Waals surface area contributed by atoms with Crippen LogP contribution in [0.4, 0.5) is 4.79 Å². The molecule has 4 heteroatoms. The Morgan fingerprint density at radius 2 is 2.17 bits per heavy atom. The summed E-state index contributed by atoms with van der Waals surface area (Å²) in [6.07, 6.45) is 3.42. The molecule has 1 aromatic heterocycles. The molecule has 0 saturated carbocycles. The molecule has 3 nitrogen and oxygen atoms in total. The summed E-state index contributed by atoms with van der Waals surface area (Å²) in [7, 11) is 1.73. The number of carbonyl (C=O) groups excluding carboxylic acids is 1. The van der Waals surface area contributed by atoms with Crippen LogP contribution in [-0.4, -0.2) is 21.7 Å². The second kappa shape index (κ2) is 4.21. The minimum absolute atomic E-state index is 0.112. The molecule has 1 rings (SSSR count). The Kier molecular flexibility index (Phi) is 3.22. The Balaban J connectivity index is 2.58. The van der Waals surface area contributed by atoms with E-state index < -0.39 is 0 Å². The van der Waals surface area contributed by atoms with Gasteiger partial charge in [0, 0.05) is 41.9 Å². The van der Waals surface area contributed by atoms with Crippen molar-refractivity contribution in [2.24, 2.45) is 0 Å². The first-order valence-electron chi connectivity index (χ1n) is 3.49. The Hall–Kier alpha value is -0.900. The average Bonchev–Trinajstić information content (AvgIpc) is 2.06. The highest BCUT2D eigenvalue weighted by Crippen LogP contribution is 2.04. The van der Waals surface area contributed by atoms with E-state index in [-0.39, 0.29) is 4.82 Å². The SMILES string of the molecule is CN(Cc1ccncc1)C(=O)Br. The average molecular weight is 229 g/mol. The van der Waals surface area contributed by atoms with E-state index in [0.29, 0.717) is 6.54 Å². The second-order valence-electron chi connectivity index (χ2n) is 2.46. The van der Waals surface area contributed by atoms with Gasteiger partial charge in [0.2, 0.25) is 0 Å². The molecule has 0 unspecified atom stereocenters. The Morgan fingerprint density at radius 3 is 2.67 bits per heavy atom. The fraction of sp³-hybridized carbons (Fsp3) is 0.250. The summed E-state index contributed by atoms with van der Waals surface area (Å²) >= 11 is 2.87. The third kappa shape index (κ3) is 2.62. The molecule has 0 aromatic carbocycles. The highest BCUT2D eigenvalue weighted by atomic mass is 79.9. The third-order valence-electron chi connectivity index (χ3n) is 1.47. The number of amides is 1. The molecular formula is C8H9BrN2O. The smallest absolute Gasteiger partial charge is 0.289 e. The van der Waals surface area contributed by atoms with Crippen LogP contribution in [0.1, 0.15) is 5.56 Å². The predicted molar refractivity (Wildman–Crippen MR) is 50.0 cm³/mol. The van der Waals surface area contributed by atoms with Gasteiger partial charge >= 0.3 is 0 Å². The van der Waals surface area contributed by atoms with Crippen molar-refractivity contribution < 1.29 is 4.79 Å². The van der Waals surface area contributed by atoms with Gasteiger partial charge in [-0.3, -0.25) is 9.78 Å². The van der Waals surface area contributed by atoms with Crippen molar-refractivity contribution >= 4 is 20.7 Å². The normalized spacial score (nSPS) is 9.50. The van der Waals surface area contributed by atoms with E-state index in [1.807, 2.05) is 12.1 Å². The standard InChI is InChI=1S/C8H9BrN2O/c1-11(8(9)12)6-7-2-4-10-5-3-7/h2-5H,6H2,1H3. The first kappa shape index (κ1) is 9.19. The van der Waals surface area contributed by atoms with Crippen LogP contribution >= 0.6 is 15.9 Å². The van der Waals surface area contributed by atoms with Crippen molar-refractivity contribution in [3.8, 4) is 0 Å². The Labute approximate surface area is 79.5 Å². The summed E-state index contributed by atoms with van der Waals surface area (Å²) in [5, 5.41) is 0. The van der Waals surface area contributed by atoms with Crippen molar-refractivity contribution in [1.82, 2.24) is 9.88 Å². The number of hydrogen-bond acceptors (Lipinski definition) is 2. The summed E-state index contributed by atoms with van der Waals surface area (Å²) in [6.45, 7) is 0.604. The molecule has 64 valence electrons. The van der Waals surface area contributed by atoms with E-state index in [1.165, 1.54) is 0 Å². The van der Waals surface area contributed by atoms with Gasteiger partial charge in [0.05, 0.1) is 0 Å². The summed E-state index contributed by atoms with van der Waals surface area (Å²) in [5.41, 5.74) is 1.07. The molecular weight excluding hydrogens is 220 g/mol. The Bertz CT molecular complexity index is 263. The minimum Gasteiger partial charge on any atom is -0.332 e. The van der Waals surface area contributed by atoms with Gasteiger partial charge in [-0.1, -0.05) is 0 Å². The summed E-state index contributed by atoms with van der Waals surface area (Å²) < 4.78 is 0. The van der Waals surface area contributed by atoms with Gasteiger partial charge in [-0.05, 0) is 17.7 Å². The summed E-state index contributed by atoms with van der Waals surface area (Å²) in [4.78, 5) is 16.1. The van der Waals surface area contributed by atoms with Crippen LogP contribution in [0, 0.1) is 0 Å². The van der Waals surface area contributed by atoms with E-state index in [4.69, 9.17) is 0 Å². The van der Waals surface area contributed by atoms with E-state index in [2.05, 4.69) is 20.9 Å². The zero-order valence-electron chi connectivity index (χ0n) is 6.70. The molecule has 0 spiro atoms. The summed E-state index contributed by atoms with van der Waals surface area (Å²) in [6, 6.07) is 3.76. The van der Waals surface area contributed by atoms with Crippen molar-refractivity contribution in [2.45, 2.75) is 6.54 Å². The third-order valence-corrected chi connectivity index (χ3v) is 2.07. The molecule has 0 fully saturated rings. The number of halogens is 1. The zero-order chi connectivity index (χ0) is 8.97. The van der Waals surface area contributed by atoms with E-state index in [0.717, 1.165) is 5.56 Å². The fourth-order valence-corrected chi connectivity index (χ4v) is 0.950. The molecule has 1 amide bonds. The van der Waals surface area contributed by atoms with Crippen LogP contribution in [0.5, 0.6) is 0 Å². The van der Waals surface area contributed by atoms with Crippen molar-refractivity contribution in [1.29, 1.82) is 0 Å². The fourth-order valence-electron chi connectivity index (χ4n) is 0.824. The monoisotopic (exact) mass is 228 g/mol. The molecule has 0 bridgehead atoms. The lowest BCUT2D eigenvalue weighted by Crippen LogP contribution is -2.19. The highest BCUT2D eigenvalue weighted by Gasteiger charge is 2.03. The van der Waals surface area contributed by atoms with Gasteiger partial charge in [-0.15, -0.1) is 0 Å². The minimum atomic E-state index is -0.112. The quantitative estimate of drug-likeness (QED) is 0.574. The lowest BCUT2D eigenvalue weighted by atomic mass is 10.3. The number of aromatic nitrogens is 1. The van der Waals surface area contributed by atoms with Crippen molar-refractivity contribution in [2.75, 3.05) is 7.05 Å². The van der Waals surface area contributed by atoms with Crippen molar-refractivity contribution in [3.05, 3.63) is 30.1 Å². The van der Waals surface area contributed by atoms with E-state index in [1.54, 1.807) is 24.3 Å². The van der Waals surface area contributed by atoms with Gasteiger partial charge in [-0.2, -0.15) is 0 Å². The molecule has 0 aliphatic carbocycles. The molecule has 0 atom stereocenters. The van der Waals surface area contributed by atoms with Gasteiger partial charge in [0.1, 0.15) is 0 Å². The summed E-state index contributed by atoms with van der Waals surface area (Å²) in [5.74, 6) is 0. The molecule has 0 N–H and O–H groups in total. The number of hydrogen-bond donors (Lipinski definition) is 0. The van der Waals surface area contributed by atoms with Crippen LogP contribution in [-0.2, 0) is 6.54 Å². The second-order valence-corrected chi connectivity index (χ2v) is 3.14. The van der Waals surface area contributed by atoms with Gasteiger partial charge in [0.15, 0.2) is 0 Å². The molecule has 0 saturated heterocycles. The topological polar surface area (TPSA) is 33.2 Å². The number of carbonyl (C=O) groups is 1. The van der Waals surface area contributed by atoms with Gasteiger partial charge in [0.25, 0.3) is 4.82 Å². The number of nitrogens with zero attached hydrogens (tertiary/aromatic N) is 2. The van der Waals surface area contributed by atoms with Crippen LogP contribution in [0.25, 0.3) is 0 Å². The first-order valence-corrected chi connectivity index (χ1v) is 4.29. The van der Waals surface area contributed by atoms with E-state index in [9.17, 15) is 4.79 Å². The van der Waals surface area contributed by atoms with Crippen molar-refractivity contribution in [3.63, 3.8) is 0 Å². The lowest BCUT2D eigenvalue weighted by molar-refractivity contribution is 0.233. The largest absolute Gasteiger partial charge is 0.332 e. The maximum absolute atomic E-state index is 10.8. The first-order chi connectivity index (χ1) is 5.70. The molecule has 0 radical (unpaired) electrons. The number of rotatable bonds is 2. The van der Waals surface area contributed by atoms with Gasteiger partial charge < -0.3 is 4.90 Å². The molecule has 1 heterocycles. The van der Waals surface area contributed by atoms with Crippen LogP contribution in [0.2, 0.25) is 0 Å². The van der Waals surface area contributed by atoms with E-state index >= 15 is 0 Å². The highest BCUT2D eigenvalue weighted by molar-refractivity contribution is 9.18. The molecule has 1 aromatic rings. The number of pyridine rings is 1. The predicted octanol–water partition coefficient (Wildman–Crippen LogP) is 2.03. The maximum Gasteiger partial charge on any atom is 0.289 e. The van der Waals surface area contributed by atoms with Crippen LogP contribution in [0.15, 0.2) is 24.5 Å². The molecule has 12 heavy (non-hydrogen) atoms. The zero-order valence-corrected chi connectivity index (χ0v) is 8.28.